The smallest absolute Gasteiger partial charge is 0.276 e. The van der Waals surface area contributed by atoms with Gasteiger partial charge in [0.25, 0.3) is 17.5 Å². The monoisotopic (exact) mass is 672 g/mol. The predicted octanol–water partition coefficient (Wildman–Crippen LogP) is 7.88. The fourth-order valence-electron chi connectivity index (χ4n) is 4.77. The molecule has 0 bridgehead atoms. The molecule has 5 aromatic carbocycles. The Kier molecular flexibility index (Phi) is 11.5. The average Bonchev–Trinajstić information content (AvgIpc) is 3.12. The standard InChI is InChI=1S/C38H32N4O6S/c1-2-48-31-22-20-29(21-23-31)39-38(45)35(26-12-5-3-6-13-26)49-32-18-11-17-30(25-32)40-37(44)33(41-36(43)27-14-7-4-8-15-27)24-28-16-9-10-19-34(28)42(46)47/h3-25,35H,2H2,1H3,(H,39,45)(H,40,44)(H,41,43)/b33-24+. The number of para-hydroxylation sites is 1. The maximum Gasteiger partial charge on any atom is 0.276 e. The summed E-state index contributed by atoms with van der Waals surface area (Å²) in [6.07, 6.45) is 1.27. The van der Waals surface area contributed by atoms with E-state index in [0.717, 1.165) is 5.56 Å². The molecule has 0 radical (unpaired) electrons. The van der Waals surface area contributed by atoms with Crippen LogP contribution in [0.25, 0.3) is 6.08 Å². The van der Waals surface area contributed by atoms with Crippen molar-refractivity contribution in [2.24, 2.45) is 0 Å². The first-order chi connectivity index (χ1) is 23.8. The Bertz CT molecular complexity index is 1970. The van der Waals surface area contributed by atoms with Gasteiger partial charge in [0.15, 0.2) is 0 Å². The Morgan fingerprint density at radius 2 is 1.47 bits per heavy atom. The van der Waals surface area contributed by atoms with E-state index in [9.17, 15) is 24.5 Å². The molecule has 0 spiro atoms. The normalized spacial score (nSPS) is 11.6. The molecular weight excluding hydrogens is 641 g/mol. The minimum absolute atomic E-state index is 0.138. The van der Waals surface area contributed by atoms with Crippen LogP contribution in [-0.4, -0.2) is 29.3 Å². The number of carbonyl (C=O) groups is 3. The van der Waals surface area contributed by atoms with E-state index in [2.05, 4.69) is 16.0 Å². The molecule has 0 fully saturated rings. The largest absolute Gasteiger partial charge is 0.494 e. The molecule has 0 aliphatic rings. The molecule has 3 amide bonds. The van der Waals surface area contributed by atoms with E-state index in [1.54, 1.807) is 78.9 Å². The Balaban J connectivity index is 1.39. The Morgan fingerprint density at radius 1 is 0.796 bits per heavy atom. The number of nitrogens with zero attached hydrogens (tertiary/aromatic N) is 1. The number of rotatable bonds is 13. The summed E-state index contributed by atoms with van der Waals surface area (Å²) in [6, 6.07) is 37.6. The second-order valence-electron chi connectivity index (χ2n) is 10.5. The molecule has 49 heavy (non-hydrogen) atoms. The quantitative estimate of drug-likeness (QED) is 0.0500. The zero-order valence-electron chi connectivity index (χ0n) is 26.4. The van der Waals surface area contributed by atoms with E-state index in [-0.39, 0.29) is 22.9 Å². The second kappa shape index (κ2) is 16.6. The summed E-state index contributed by atoms with van der Waals surface area (Å²) in [6.45, 7) is 2.43. The summed E-state index contributed by atoms with van der Waals surface area (Å²) in [5, 5.41) is 19.4. The molecule has 10 nitrogen and oxygen atoms in total. The van der Waals surface area contributed by atoms with Crippen LogP contribution in [0, 0.1) is 10.1 Å². The van der Waals surface area contributed by atoms with Crippen LogP contribution in [0.2, 0.25) is 0 Å². The fraction of sp³-hybridized carbons (Fsp3) is 0.0789. The van der Waals surface area contributed by atoms with Gasteiger partial charge in [0.05, 0.1) is 17.1 Å². The summed E-state index contributed by atoms with van der Waals surface area (Å²) >= 11 is 1.30. The highest BCUT2D eigenvalue weighted by molar-refractivity contribution is 8.00. The van der Waals surface area contributed by atoms with Gasteiger partial charge < -0.3 is 20.7 Å². The Labute approximate surface area is 287 Å². The number of benzene rings is 5. The number of nitro groups is 1. The van der Waals surface area contributed by atoms with Crippen LogP contribution in [0.1, 0.15) is 33.7 Å². The molecule has 1 unspecified atom stereocenters. The SMILES string of the molecule is CCOc1ccc(NC(=O)C(Sc2cccc(NC(=O)/C(=C\c3ccccc3[N+](=O)[O-])NC(=O)c3ccccc3)c2)c2ccccc2)cc1. The molecule has 0 saturated heterocycles. The van der Waals surface area contributed by atoms with Crippen molar-refractivity contribution in [3.05, 3.63) is 166 Å². The average molecular weight is 673 g/mol. The molecule has 5 rings (SSSR count). The summed E-state index contributed by atoms with van der Waals surface area (Å²) < 4.78 is 5.50. The van der Waals surface area contributed by atoms with Gasteiger partial charge in [-0.3, -0.25) is 24.5 Å². The highest BCUT2D eigenvalue weighted by atomic mass is 32.2. The van der Waals surface area contributed by atoms with E-state index >= 15 is 0 Å². The molecule has 1 atom stereocenters. The van der Waals surface area contributed by atoms with E-state index in [4.69, 9.17) is 4.74 Å². The van der Waals surface area contributed by atoms with E-state index in [1.165, 1.54) is 36.0 Å². The van der Waals surface area contributed by atoms with Crippen molar-refractivity contribution in [1.29, 1.82) is 0 Å². The molecule has 11 heteroatoms. The van der Waals surface area contributed by atoms with Crippen LogP contribution in [0.15, 0.2) is 144 Å². The van der Waals surface area contributed by atoms with Crippen molar-refractivity contribution in [2.75, 3.05) is 17.2 Å². The molecule has 0 aliphatic heterocycles. The van der Waals surface area contributed by atoms with Gasteiger partial charge in [0.1, 0.15) is 16.7 Å². The number of amides is 3. The molecular formula is C38H32N4O6S. The highest BCUT2D eigenvalue weighted by Gasteiger charge is 2.23. The van der Waals surface area contributed by atoms with Crippen molar-refractivity contribution >= 4 is 52.6 Å². The number of carbonyl (C=O) groups excluding carboxylic acids is 3. The third-order valence-electron chi connectivity index (χ3n) is 7.08. The maximum absolute atomic E-state index is 13.7. The number of anilines is 2. The van der Waals surface area contributed by atoms with Gasteiger partial charge in [-0.1, -0.05) is 66.7 Å². The van der Waals surface area contributed by atoms with Crippen LogP contribution in [-0.2, 0) is 9.59 Å². The number of nitrogens with one attached hydrogen (secondary N) is 3. The van der Waals surface area contributed by atoms with Crippen molar-refractivity contribution in [3.63, 3.8) is 0 Å². The second-order valence-corrected chi connectivity index (χ2v) is 11.7. The first-order valence-electron chi connectivity index (χ1n) is 15.3. The van der Waals surface area contributed by atoms with Gasteiger partial charge in [-0.05, 0) is 79.2 Å². The maximum atomic E-state index is 13.7. The van der Waals surface area contributed by atoms with E-state index in [0.29, 0.717) is 34.2 Å². The first kappa shape index (κ1) is 34.1. The summed E-state index contributed by atoms with van der Waals surface area (Å²) in [5.41, 5.74) is 1.80. The van der Waals surface area contributed by atoms with Crippen molar-refractivity contribution < 1.29 is 24.0 Å². The van der Waals surface area contributed by atoms with E-state index < -0.39 is 22.0 Å². The van der Waals surface area contributed by atoms with Gasteiger partial charge in [-0.15, -0.1) is 11.8 Å². The molecule has 0 heterocycles. The van der Waals surface area contributed by atoms with Gasteiger partial charge in [0, 0.05) is 27.9 Å². The van der Waals surface area contributed by atoms with Crippen LogP contribution in [0.3, 0.4) is 0 Å². The number of thioether (sulfide) groups is 1. The summed E-state index contributed by atoms with van der Waals surface area (Å²) in [4.78, 5) is 52.1. The Morgan fingerprint density at radius 3 is 2.16 bits per heavy atom. The van der Waals surface area contributed by atoms with Crippen LogP contribution in [0.4, 0.5) is 17.1 Å². The fourth-order valence-corrected chi connectivity index (χ4v) is 5.85. The zero-order valence-corrected chi connectivity index (χ0v) is 27.2. The number of hydrogen-bond donors (Lipinski definition) is 3. The van der Waals surface area contributed by atoms with Gasteiger partial charge in [0.2, 0.25) is 5.91 Å². The lowest BCUT2D eigenvalue weighted by Gasteiger charge is -2.18. The molecule has 5 aromatic rings. The third kappa shape index (κ3) is 9.43. The van der Waals surface area contributed by atoms with Gasteiger partial charge in [-0.2, -0.15) is 0 Å². The number of hydrogen-bond acceptors (Lipinski definition) is 7. The minimum atomic E-state index is -0.697. The lowest BCUT2D eigenvalue weighted by atomic mass is 10.1. The predicted molar refractivity (Wildman–Crippen MR) is 191 cm³/mol. The first-order valence-corrected chi connectivity index (χ1v) is 16.2. The molecule has 246 valence electrons. The van der Waals surface area contributed by atoms with Crippen molar-refractivity contribution in [2.45, 2.75) is 17.1 Å². The third-order valence-corrected chi connectivity index (χ3v) is 8.33. The van der Waals surface area contributed by atoms with Crippen LogP contribution >= 0.6 is 11.8 Å². The molecule has 0 aliphatic carbocycles. The highest BCUT2D eigenvalue weighted by Crippen LogP contribution is 2.37. The lowest BCUT2D eigenvalue weighted by molar-refractivity contribution is -0.385. The molecule has 3 N–H and O–H groups in total. The summed E-state index contributed by atoms with van der Waals surface area (Å²) in [7, 11) is 0. The molecule has 0 aromatic heterocycles. The lowest BCUT2D eigenvalue weighted by Crippen LogP contribution is -2.30. The van der Waals surface area contributed by atoms with Crippen molar-refractivity contribution in [1.82, 2.24) is 5.32 Å². The minimum Gasteiger partial charge on any atom is -0.494 e. The number of nitro benzene ring substituents is 1. The zero-order chi connectivity index (χ0) is 34.6. The van der Waals surface area contributed by atoms with Crippen LogP contribution < -0.4 is 20.7 Å². The molecule has 0 saturated carbocycles. The topological polar surface area (TPSA) is 140 Å². The van der Waals surface area contributed by atoms with Gasteiger partial charge in [-0.25, -0.2) is 0 Å². The van der Waals surface area contributed by atoms with E-state index in [1.807, 2.05) is 43.3 Å². The number of ether oxygens (including phenoxy) is 1. The Hall–Kier alpha value is -6.20. The van der Waals surface area contributed by atoms with Crippen LogP contribution in [0.5, 0.6) is 5.75 Å². The van der Waals surface area contributed by atoms with Gasteiger partial charge >= 0.3 is 0 Å². The van der Waals surface area contributed by atoms with Crippen molar-refractivity contribution in [3.8, 4) is 5.75 Å². The summed E-state index contributed by atoms with van der Waals surface area (Å²) in [5.74, 6) is -0.798.